The van der Waals surface area contributed by atoms with Crippen molar-refractivity contribution in [1.29, 1.82) is 0 Å². The van der Waals surface area contributed by atoms with E-state index in [0.717, 1.165) is 0 Å². The fraction of sp³-hybridized carbons (Fsp3) is 0.429. The number of nitrogens with zero attached hydrogens (tertiary/aromatic N) is 1. The summed E-state index contributed by atoms with van der Waals surface area (Å²) in [5.74, 6) is -0.342. The Morgan fingerprint density at radius 3 is 2.76 bits per heavy atom. The SMILES string of the molecule is [2H]C([2H])(c1c[nH]c2cccc(OS(=O)(=O)[O-])c12)C([2H])([2H])[N+](C)(C)CC. The van der Waals surface area contributed by atoms with E-state index in [-0.39, 0.29) is 21.2 Å². The summed E-state index contributed by atoms with van der Waals surface area (Å²) < 4.78 is 70.7. The van der Waals surface area contributed by atoms with E-state index >= 15 is 0 Å². The molecule has 0 saturated carbocycles. The van der Waals surface area contributed by atoms with Gasteiger partial charge in [-0.1, -0.05) is 6.07 Å². The van der Waals surface area contributed by atoms with Crippen LogP contribution in [0.2, 0.25) is 0 Å². The average molecular weight is 316 g/mol. The topological polar surface area (TPSA) is 82.2 Å². The quantitative estimate of drug-likeness (QED) is 0.499. The lowest BCUT2D eigenvalue weighted by Gasteiger charge is -2.28. The summed E-state index contributed by atoms with van der Waals surface area (Å²) in [4.78, 5) is 2.77. The number of likely N-dealkylation sites (N-methyl/N-ethyl adjacent to an activating group) is 1. The second kappa shape index (κ2) is 5.67. The summed E-state index contributed by atoms with van der Waals surface area (Å²) in [5, 5.41) is 0.0203. The molecular formula is C14H20N2O4S. The van der Waals surface area contributed by atoms with Crippen molar-refractivity contribution in [3.8, 4) is 5.75 Å². The van der Waals surface area contributed by atoms with E-state index in [1.165, 1.54) is 18.3 Å². The Labute approximate surface area is 130 Å². The summed E-state index contributed by atoms with van der Waals surface area (Å²) in [6.07, 6.45) is -1.24. The zero-order chi connectivity index (χ0) is 19.3. The summed E-state index contributed by atoms with van der Waals surface area (Å²) in [6, 6.07) is 4.22. The van der Waals surface area contributed by atoms with Crippen LogP contribution in [-0.2, 0) is 16.8 Å². The van der Waals surface area contributed by atoms with Crippen LogP contribution in [0.25, 0.3) is 10.9 Å². The molecule has 0 unspecified atom stereocenters. The van der Waals surface area contributed by atoms with Gasteiger partial charge in [-0.25, -0.2) is 8.42 Å². The van der Waals surface area contributed by atoms with Crippen molar-refractivity contribution in [3.63, 3.8) is 0 Å². The highest BCUT2D eigenvalue weighted by Crippen LogP contribution is 2.30. The van der Waals surface area contributed by atoms with Crippen molar-refractivity contribution in [3.05, 3.63) is 30.0 Å². The van der Waals surface area contributed by atoms with E-state index in [9.17, 15) is 13.0 Å². The molecule has 1 aromatic carbocycles. The molecule has 116 valence electrons. The van der Waals surface area contributed by atoms with E-state index < -0.39 is 23.3 Å². The normalized spacial score (nSPS) is 17.0. The number of hydrogen-bond donors (Lipinski definition) is 1. The predicted octanol–water partition coefficient (Wildman–Crippen LogP) is 1.65. The van der Waals surface area contributed by atoms with Gasteiger partial charge in [0.05, 0.1) is 29.9 Å². The first-order valence-corrected chi connectivity index (χ1v) is 7.67. The smallest absolute Gasteiger partial charge is 0.262 e. The van der Waals surface area contributed by atoms with E-state index in [1.54, 1.807) is 27.1 Å². The molecule has 1 heterocycles. The molecule has 0 amide bonds. The van der Waals surface area contributed by atoms with E-state index in [4.69, 9.17) is 5.48 Å². The van der Waals surface area contributed by atoms with Crippen LogP contribution in [0.4, 0.5) is 0 Å². The Kier molecular flexibility index (Phi) is 2.98. The third-order valence-corrected chi connectivity index (χ3v) is 3.53. The lowest BCUT2D eigenvalue weighted by molar-refractivity contribution is -0.888. The fourth-order valence-corrected chi connectivity index (χ4v) is 2.08. The van der Waals surface area contributed by atoms with Crippen LogP contribution in [0.15, 0.2) is 24.4 Å². The van der Waals surface area contributed by atoms with Crippen molar-refractivity contribution in [2.75, 3.05) is 27.1 Å². The minimum atomic E-state index is -5.06. The number of hydrogen-bond acceptors (Lipinski definition) is 4. The van der Waals surface area contributed by atoms with Gasteiger partial charge in [0.1, 0.15) is 0 Å². The van der Waals surface area contributed by atoms with Crippen molar-refractivity contribution >= 4 is 21.3 Å². The summed E-state index contributed by atoms with van der Waals surface area (Å²) in [6.45, 7) is -0.283. The highest BCUT2D eigenvalue weighted by molar-refractivity contribution is 7.81. The number of rotatable bonds is 6. The van der Waals surface area contributed by atoms with Gasteiger partial charge in [-0.05, 0) is 24.6 Å². The van der Waals surface area contributed by atoms with Gasteiger partial charge in [-0.2, -0.15) is 0 Å². The van der Waals surface area contributed by atoms with Gasteiger partial charge >= 0.3 is 0 Å². The maximum absolute atomic E-state index is 11.0. The molecule has 2 aromatic rings. The molecule has 1 N–H and O–H groups in total. The summed E-state index contributed by atoms with van der Waals surface area (Å²) in [7, 11) is -1.94. The van der Waals surface area contributed by atoms with Crippen molar-refractivity contribution in [2.24, 2.45) is 0 Å². The van der Waals surface area contributed by atoms with Gasteiger partial charge in [0, 0.05) is 26.2 Å². The highest BCUT2D eigenvalue weighted by atomic mass is 32.3. The van der Waals surface area contributed by atoms with Crippen molar-refractivity contribution in [1.82, 2.24) is 4.98 Å². The third kappa shape index (κ3) is 3.96. The number of benzene rings is 1. The lowest BCUT2D eigenvalue weighted by Crippen LogP contribution is -2.40. The average Bonchev–Trinajstić information content (AvgIpc) is 2.91. The lowest BCUT2D eigenvalue weighted by atomic mass is 10.1. The monoisotopic (exact) mass is 316 g/mol. The summed E-state index contributed by atoms with van der Waals surface area (Å²) in [5.41, 5.74) is 0.212. The number of aromatic nitrogens is 1. The van der Waals surface area contributed by atoms with Crippen LogP contribution >= 0.6 is 0 Å². The molecular weight excluding hydrogens is 292 g/mol. The molecule has 7 heteroatoms. The summed E-state index contributed by atoms with van der Waals surface area (Å²) >= 11 is 0. The minimum Gasteiger partial charge on any atom is -0.716 e. The van der Waals surface area contributed by atoms with E-state index in [2.05, 4.69) is 9.17 Å². The first kappa shape index (κ1) is 11.1. The number of H-pyrrole nitrogens is 1. The standard InChI is InChI=1S/C14H20N2O4S/c1-4-16(2,3)9-8-11-10-15-12-6-5-7-13(14(11)12)20-21(17,18)19/h5-7,10,15H,4,8-9H2,1-3H3/i8D2,9D2. The molecule has 2 rings (SSSR count). The van der Waals surface area contributed by atoms with E-state index in [0.29, 0.717) is 12.1 Å². The van der Waals surface area contributed by atoms with Gasteiger partial charge in [0.15, 0.2) is 5.75 Å². The fourth-order valence-electron chi connectivity index (χ4n) is 1.72. The molecule has 1 aromatic heterocycles. The molecule has 0 saturated heterocycles. The number of nitrogens with one attached hydrogen (secondary N) is 1. The molecule has 6 nitrogen and oxygen atoms in total. The molecule has 0 atom stereocenters. The van der Waals surface area contributed by atoms with Gasteiger partial charge in [-0.15, -0.1) is 0 Å². The van der Waals surface area contributed by atoms with Crippen molar-refractivity contribution < 1.29 is 27.1 Å². The highest BCUT2D eigenvalue weighted by Gasteiger charge is 2.16. The van der Waals surface area contributed by atoms with Gasteiger partial charge in [0.25, 0.3) is 10.4 Å². The Balaban J connectivity index is 2.73. The second-order valence-electron chi connectivity index (χ2n) is 5.11. The first-order chi connectivity index (χ1) is 11.2. The molecule has 0 fully saturated rings. The molecule has 0 aliphatic heterocycles. The van der Waals surface area contributed by atoms with Crippen LogP contribution in [-0.4, -0.2) is 49.6 Å². The Hall–Kier alpha value is -1.57. The van der Waals surface area contributed by atoms with Crippen LogP contribution in [0, 0.1) is 0 Å². The minimum absolute atomic E-state index is 0.0203. The van der Waals surface area contributed by atoms with E-state index in [1.807, 2.05) is 0 Å². The molecule has 0 aliphatic rings. The van der Waals surface area contributed by atoms with Gasteiger partial charge in [0.2, 0.25) is 0 Å². The molecule has 0 spiro atoms. The molecule has 21 heavy (non-hydrogen) atoms. The zero-order valence-corrected chi connectivity index (χ0v) is 12.8. The Bertz CT molecular complexity index is 893. The molecule has 0 aliphatic carbocycles. The van der Waals surface area contributed by atoms with Crippen LogP contribution in [0.5, 0.6) is 5.75 Å². The number of aromatic amines is 1. The van der Waals surface area contributed by atoms with Gasteiger partial charge < -0.3 is 18.2 Å². The maximum atomic E-state index is 11.0. The Morgan fingerprint density at radius 1 is 1.43 bits per heavy atom. The predicted molar refractivity (Wildman–Crippen MR) is 79.8 cm³/mol. The van der Waals surface area contributed by atoms with Crippen LogP contribution in [0.1, 0.15) is 18.0 Å². The third-order valence-electron chi connectivity index (χ3n) is 3.14. The number of quaternary nitrogens is 1. The largest absolute Gasteiger partial charge is 0.716 e. The van der Waals surface area contributed by atoms with Crippen molar-refractivity contribution in [2.45, 2.75) is 13.3 Å². The second-order valence-corrected chi connectivity index (χ2v) is 6.09. The Morgan fingerprint density at radius 2 is 2.14 bits per heavy atom. The first-order valence-electron chi connectivity index (χ1n) is 8.33. The van der Waals surface area contributed by atoms with Gasteiger partial charge in [-0.3, -0.25) is 0 Å². The maximum Gasteiger partial charge on any atom is 0.262 e. The molecule has 0 radical (unpaired) electrons. The number of fused-ring (bicyclic) bond motifs is 1. The zero-order valence-electron chi connectivity index (χ0n) is 16.0. The van der Waals surface area contributed by atoms with Crippen LogP contribution in [0.3, 0.4) is 0 Å². The van der Waals surface area contributed by atoms with Crippen LogP contribution < -0.4 is 4.18 Å². The number of aryl methyl sites for hydroxylation is 1. The molecule has 0 bridgehead atoms.